The highest BCUT2D eigenvalue weighted by Crippen LogP contribution is 2.28. The normalized spacial score (nSPS) is 11.6. The lowest BCUT2D eigenvalue weighted by Gasteiger charge is -2.24. The van der Waals surface area contributed by atoms with Crippen LogP contribution in [0.15, 0.2) is 24.3 Å². The summed E-state index contributed by atoms with van der Waals surface area (Å²) in [6, 6.07) is 7.69. The van der Waals surface area contributed by atoms with Gasteiger partial charge in [-0.15, -0.1) is 0 Å². The van der Waals surface area contributed by atoms with Crippen LogP contribution in [0, 0.1) is 0 Å². The van der Waals surface area contributed by atoms with Gasteiger partial charge in [-0.1, -0.05) is 38.8 Å². The number of unbranched alkanes of at least 4 members (excludes halogenated alkanes) is 2. The quantitative estimate of drug-likeness (QED) is 0.334. The maximum Gasteiger partial charge on any atom is 0.165 e. The summed E-state index contributed by atoms with van der Waals surface area (Å²) in [6.07, 6.45) is 4.14. The topological polar surface area (TPSA) is 36.9 Å². The summed E-state index contributed by atoms with van der Waals surface area (Å²) in [4.78, 5) is 21.3. The SMILES string of the molecule is CCCCOOc1cccc(C(C)(C)OOCCCC)c1. The molecule has 0 heterocycles. The molecule has 0 aliphatic carbocycles. The molecule has 4 nitrogen and oxygen atoms in total. The van der Waals surface area contributed by atoms with Crippen LogP contribution >= 0.6 is 0 Å². The van der Waals surface area contributed by atoms with E-state index in [2.05, 4.69) is 13.8 Å². The fraction of sp³-hybridized carbons (Fsp3) is 0.647. The highest BCUT2D eigenvalue weighted by atomic mass is 17.2. The number of rotatable bonds is 11. The van der Waals surface area contributed by atoms with Gasteiger partial charge >= 0.3 is 0 Å². The minimum atomic E-state index is -0.531. The van der Waals surface area contributed by atoms with Gasteiger partial charge in [0.2, 0.25) is 0 Å². The van der Waals surface area contributed by atoms with E-state index < -0.39 is 5.60 Å². The van der Waals surface area contributed by atoms with Crippen LogP contribution in [0.4, 0.5) is 0 Å². The maximum atomic E-state index is 5.52. The highest BCUT2D eigenvalue weighted by Gasteiger charge is 2.23. The summed E-state index contributed by atoms with van der Waals surface area (Å²) in [7, 11) is 0. The second kappa shape index (κ2) is 9.77. The van der Waals surface area contributed by atoms with Crippen LogP contribution in [0.25, 0.3) is 0 Å². The van der Waals surface area contributed by atoms with E-state index in [9.17, 15) is 0 Å². The summed E-state index contributed by atoms with van der Waals surface area (Å²) < 4.78 is 0. The van der Waals surface area contributed by atoms with Crippen LogP contribution < -0.4 is 4.89 Å². The molecule has 0 aliphatic rings. The lowest BCUT2D eigenvalue weighted by molar-refractivity contribution is -0.358. The van der Waals surface area contributed by atoms with Gasteiger partial charge in [-0.2, -0.15) is 4.89 Å². The molecule has 0 N–H and O–H groups in total. The van der Waals surface area contributed by atoms with E-state index in [1.54, 1.807) is 0 Å². The first-order valence-electron chi connectivity index (χ1n) is 7.80. The summed E-state index contributed by atoms with van der Waals surface area (Å²) in [5.74, 6) is 0.675. The van der Waals surface area contributed by atoms with Crippen molar-refractivity contribution in [1.29, 1.82) is 0 Å². The predicted octanol–water partition coefficient (Wildman–Crippen LogP) is 4.78. The Bertz CT molecular complexity index is 390. The van der Waals surface area contributed by atoms with Gasteiger partial charge in [0, 0.05) is 0 Å². The molecular weight excluding hydrogens is 268 g/mol. The molecule has 120 valence electrons. The van der Waals surface area contributed by atoms with Crippen LogP contribution in [-0.4, -0.2) is 13.2 Å². The summed E-state index contributed by atoms with van der Waals surface area (Å²) >= 11 is 0. The van der Waals surface area contributed by atoms with Gasteiger partial charge in [0.15, 0.2) is 5.75 Å². The van der Waals surface area contributed by atoms with Gasteiger partial charge in [-0.3, -0.25) is 0 Å². The Morgan fingerprint density at radius 3 is 2.29 bits per heavy atom. The largest absolute Gasteiger partial charge is 0.338 e. The van der Waals surface area contributed by atoms with Crippen molar-refractivity contribution in [2.45, 2.75) is 59.0 Å². The van der Waals surface area contributed by atoms with Crippen LogP contribution in [0.3, 0.4) is 0 Å². The summed E-state index contributed by atoms with van der Waals surface area (Å²) in [5, 5.41) is 0. The van der Waals surface area contributed by atoms with Crippen LogP contribution in [-0.2, 0) is 20.3 Å². The molecule has 0 aromatic heterocycles. The van der Waals surface area contributed by atoms with Crippen molar-refractivity contribution in [3.05, 3.63) is 29.8 Å². The Morgan fingerprint density at radius 2 is 1.62 bits per heavy atom. The molecular formula is C17H28O4. The average Bonchev–Trinajstić information content (AvgIpc) is 2.48. The standard InChI is InChI=1S/C17H28O4/c1-5-7-12-18-20-16-11-9-10-15(14-16)17(3,4)21-19-13-8-6-2/h9-11,14H,5-8,12-13H2,1-4H3. The Morgan fingerprint density at radius 1 is 0.952 bits per heavy atom. The minimum Gasteiger partial charge on any atom is -0.338 e. The van der Waals surface area contributed by atoms with Crippen LogP contribution in [0.5, 0.6) is 5.75 Å². The van der Waals surface area contributed by atoms with E-state index in [1.807, 2.05) is 38.1 Å². The fourth-order valence-corrected chi connectivity index (χ4v) is 1.68. The smallest absolute Gasteiger partial charge is 0.165 e. The van der Waals surface area contributed by atoms with Crippen LogP contribution in [0.1, 0.15) is 58.9 Å². The molecule has 0 radical (unpaired) electrons. The zero-order valence-corrected chi connectivity index (χ0v) is 13.7. The molecule has 0 unspecified atom stereocenters. The Hall–Kier alpha value is -1.10. The van der Waals surface area contributed by atoms with Crippen molar-refractivity contribution in [1.82, 2.24) is 0 Å². The van der Waals surface area contributed by atoms with Gasteiger partial charge in [0.25, 0.3) is 0 Å². The molecule has 0 spiro atoms. The summed E-state index contributed by atoms with van der Waals surface area (Å²) in [5.41, 5.74) is 0.451. The zero-order chi connectivity index (χ0) is 15.6. The van der Waals surface area contributed by atoms with Crippen molar-refractivity contribution < 1.29 is 19.6 Å². The van der Waals surface area contributed by atoms with E-state index in [0.29, 0.717) is 19.0 Å². The van der Waals surface area contributed by atoms with Crippen molar-refractivity contribution in [2.75, 3.05) is 13.2 Å². The van der Waals surface area contributed by atoms with Crippen LogP contribution in [0.2, 0.25) is 0 Å². The second-order valence-electron chi connectivity index (χ2n) is 5.56. The third-order valence-corrected chi connectivity index (χ3v) is 3.11. The van der Waals surface area contributed by atoms with Gasteiger partial charge in [0.05, 0.1) is 13.2 Å². The molecule has 0 atom stereocenters. The lowest BCUT2D eigenvalue weighted by Crippen LogP contribution is -2.22. The Kier molecular flexibility index (Phi) is 8.35. The van der Waals surface area contributed by atoms with E-state index in [1.165, 1.54) is 0 Å². The molecule has 0 saturated heterocycles. The maximum absolute atomic E-state index is 5.52. The van der Waals surface area contributed by atoms with Gasteiger partial charge < -0.3 is 4.89 Å². The summed E-state index contributed by atoms with van der Waals surface area (Å²) in [6.45, 7) is 9.37. The van der Waals surface area contributed by atoms with Crippen molar-refractivity contribution in [3.63, 3.8) is 0 Å². The fourth-order valence-electron chi connectivity index (χ4n) is 1.68. The van der Waals surface area contributed by atoms with E-state index in [4.69, 9.17) is 19.6 Å². The van der Waals surface area contributed by atoms with Gasteiger partial charge in [0.1, 0.15) is 5.60 Å². The van der Waals surface area contributed by atoms with Crippen molar-refractivity contribution in [2.24, 2.45) is 0 Å². The number of benzene rings is 1. The predicted molar refractivity (Wildman–Crippen MR) is 82.9 cm³/mol. The third-order valence-electron chi connectivity index (χ3n) is 3.11. The van der Waals surface area contributed by atoms with E-state index in [-0.39, 0.29) is 0 Å². The van der Waals surface area contributed by atoms with Crippen molar-refractivity contribution >= 4 is 0 Å². The molecule has 1 aromatic carbocycles. The molecule has 4 heteroatoms. The molecule has 1 rings (SSSR count). The van der Waals surface area contributed by atoms with Gasteiger partial charge in [-0.25, -0.2) is 9.78 Å². The van der Waals surface area contributed by atoms with E-state index in [0.717, 1.165) is 31.2 Å². The molecule has 0 fully saturated rings. The van der Waals surface area contributed by atoms with Gasteiger partial charge in [-0.05, 0) is 44.4 Å². The zero-order valence-electron chi connectivity index (χ0n) is 13.7. The molecule has 0 amide bonds. The monoisotopic (exact) mass is 296 g/mol. The average molecular weight is 296 g/mol. The molecule has 0 bridgehead atoms. The molecule has 0 aliphatic heterocycles. The molecule has 21 heavy (non-hydrogen) atoms. The first-order chi connectivity index (χ1) is 10.1. The molecule has 1 aromatic rings. The number of hydrogen-bond acceptors (Lipinski definition) is 4. The second-order valence-corrected chi connectivity index (χ2v) is 5.56. The number of hydrogen-bond donors (Lipinski definition) is 0. The Labute approximate surface area is 128 Å². The first-order valence-corrected chi connectivity index (χ1v) is 7.80. The third kappa shape index (κ3) is 6.93. The van der Waals surface area contributed by atoms with E-state index >= 15 is 0 Å². The Balaban J connectivity index is 2.52. The van der Waals surface area contributed by atoms with Crippen molar-refractivity contribution in [3.8, 4) is 5.75 Å². The first kappa shape index (κ1) is 18.0. The molecule has 0 saturated carbocycles. The highest BCUT2D eigenvalue weighted by molar-refractivity contribution is 5.31. The lowest BCUT2D eigenvalue weighted by atomic mass is 9.98. The minimum absolute atomic E-state index is 0.531.